The molecular formula is C15H19ClN2O4S. The van der Waals surface area contributed by atoms with Crippen molar-refractivity contribution in [2.24, 2.45) is 0 Å². The van der Waals surface area contributed by atoms with Gasteiger partial charge in [0.25, 0.3) is 5.91 Å². The SMILES string of the molecule is CCNC(=O)[C@H](C)OC(=O)CSCC(=O)Nc1ccc(Cl)cc1. The minimum atomic E-state index is -0.842. The molecule has 0 heterocycles. The summed E-state index contributed by atoms with van der Waals surface area (Å²) >= 11 is 6.87. The summed E-state index contributed by atoms with van der Waals surface area (Å²) in [6.45, 7) is 3.75. The van der Waals surface area contributed by atoms with E-state index in [2.05, 4.69) is 10.6 Å². The molecule has 8 heteroatoms. The molecule has 0 aliphatic heterocycles. The summed E-state index contributed by atoms with van der Waals surface area (Å²) in [6.07, 6.45) is -0.842. The topological polar surface area (TPSA) is 84.5 Å². The van der Waals surface area contributed by atoms with Gasteiger partial charge in [0.1, 0.15) is 0 Å². The van der Waals surface area contributed by atoms with Crippen LogP contribution in [0, 0.1) is 0 Å². The lowest BCUT2D eigenvalue weighted by Crippen LogP contribution is -2.36. The molecule has 1 aromatic rings. The fourth-order valence-electron chi connectivity index (χ4n) is 1.56. The molecule has 0 unspecified atom stereocenters. The summed E-state index contributed by atoms with van der Waals surface area (Å²) in [5.74, 6) is -1.01. The highest BCUT2D eigenvalue weighted by atomic mass is 35.5. The lowest BCUT2D eigenvalue weighted by molar-refractivity contribution is -0.152. The number of hydrogen-bond donors (Lipinski definition) is 2. The summed E-state index contributed by atoms with van der Waals surface area (Å²) in [5, 5.41) is 5.83. The number of ether oxygens (including phenoxy) is 1. The quantitative estimate of drug-likeness (QED) is 0.695. The van der Waals surface area contributed by atoms with Crippen LogP contribution in [0.25, 0.3) is 0 Å². The smallest absolute Gasteiger partial charge is 0.316 e. The number of hydrogen-bond acceptors (Lipinski definition) is 5. The standard InChI is InChI=1S/C15H19ClN2O4S/c1-3-17-15(21)10(2)22-14(20)9-23-8-13(19)18-12-6-4-11(16)5-7-12/h4-7,10H,3,8-9H2,1-2H3,(H,17,21)(H,18,19)/t10-/m0/s1. The monoisotopic (exact) mass is 358 g/mol. The van der Waals surface area contributed by atoms with E-state index >= 15 is 0 Å². The van der Waals surface area contributed by atoms with Crippen molar-refractivity contribution in [3.63, 3.8) is 0 Å². The maximum atomic E-state index is 11.7. The van der Waals surface area contributed by atoms with Crippen molar-refractivity contribution in [1.29, 1.82) is 0 Å². The van der Waals surface area contributed by atoms with E-state index in [0.29, 0.717) is 17.3 Å². The average Bonchev–Trinajstić information content (AvgIpc) is 2.49. The number of carbonyl (C=O) groups excluding carboxylic acids is 3. The number of benzene rings is 1. The van der Waals surface area contributed by atoms with Crippen LogP contribution in [0.5, 0.6) is 0 Å². The third kappa shape index (κ3) is 7.90. The Hall–Kier alpha value is -1.73. The minimum Gasteiger partial charge on any atom is -0.452 e. The number of amides is 2. The van der Waals surface area contributed by atoms with Crippen LogP contribution in [0.2, 0.25) is 5.02 Å². The highest BCUT2D eigenvalue weighted by molar-refractivity contribution is 8.00. The Kier molecular flexibility index (Phi) is 8.50. The zero-order valence-corrected chi connectivity index (χ0v) is 14.5. The molecule has 1 aromatic carbocycles. The molecule has 0 spiro atoms. The molecule has 0 saturated carbocycles. The Morgan fingerprint density at radius 2 is 1.87 bits per heavy atom. The lowest BCUT2D eigenvalue weighted by Gasteiger charge is -2.12. The van der Waals surface area contributed by atoms with Crippen LogP contribution in [0.3, 0.4) is 0 Å². The van der Waals surface area contributed by atoms with Crippen LogP contribution in [-0.4, -0.2) is 41.9 Å². The number of rotatable bonds is 8. The van der Waals surface area contributed by atoms with E-state index in [1.165, 1.54) is 6.92 Å². The van der Waals surface area contributed by atoms with Crippen LogP contribution >= 0.6 is 23.4 Å². The molecule has 0 bridgehead atoms. The third-order valence-corrected chi connectivity index (χ3v) is 3.77. The van der Waals surface area contributed by atoms with Gasteiger partial charge in [-0.05, 0) is 38.1 Å². The number of nitrogens with one attached hydrogen (secondary N) is 2. The van der Waals surface area contributed by atoms with Crippen molar-refractivity contribution in [3.8, 4) is 0 Å². The number of anilines is 1. The van der Waals surface area contributed by atoms with E-state index in [-0.39, 0.29) is 23.3 Å². The predicted molar refractivity (Wildman–Crippen MR) is 91.6 cm³/mol. The second-order valence-corrected chi connectivity index (χ2v) is 6.00. The predicted octanol–water partition coefficient (Wildman–Crippen LogP) is 2.08. The minimum absolute atomic E-state index is 0.00220. The van der Waals surface area contributed by atoms with Crippen LogP contribution in [0.15, 0.2) is 24.3 Å². The number of esters is 1. The number of likely N-dealkylation sites (N-methyl/N-ethyl adjacent to an activating group) is 1. The van der Waals surface area contributed by atoms with Crippen molar-refractivity contribution >= 4 is 46.8 Å². The van der Waals surface area contributed by atoms with Gasteiger partial charge in [0.15, 0.2) is 6.10 Å². The van der Waals surface area contributed by atoms with Gasteiger partial charge in [-0.25, -0.2) is 0 Å². The van der Waals surface area contributed by atoms with E-state index in [9.17, 15) is 14.4 Å². The van der Waals surface area contributed by atoms with Gasteiger partial charge in [-0.15, -0.1) is 11.8 Å². The summed E-state index contributed by atoms with van der Waals surface area (Å²) in [5.41, 5.74) is 0.632. The van der Waals surface area contributed by atoms with E-state index < -0.39 is 12.1 Å². The third-order valence-electron chi connectivity index (χ3n) is 2.61. The fourth-order valence-corrected chi connectivity index (χ4v) is 2.28. The van der Waals surface area contributed by atoms with E-state index in [4.69, 9.17) is 16.3 Å². The summed E-state index contributed by atoms with van der Waals surface area (Å²) < 4.78 is 4.96. The first-order chi connectivity index (χ1) is 10.9. The van der Waals surface area contributed by atoms with Gasteiger partial charge in [0.05, 0.1) is 11.5 Å². The summed E-state index contributed by atoms with van der Waals surface area (Å²) in [6, 6.07) is 6.72. The molecule has 126 valence electrons. The lowest BCUT2D eigenvalue weighted by atomic mass is 10.3. The Labute approximate surface area is 144 Å². The number of halogens is 1. The molecule has 0 radical (unpaired) electrons. The fraction of sp³-hybridized carbons (Fsp3) is 0.400. The first-order valence-electron chi connectivity index (χ1n) is 7.02. The highest BCUT2D eigenvalue weighted by Crippen LogP contribution is 2.14. The van der Waals surface area contributed by atoms with Gasteiger partial charge in [0.2, 0.25) is 5.91 Å². The second-order valence-electron chi connectivity index (χ2n) is 4.57. The number of thioether (sulfide) groups is 1. The molecule has 23 heavy (non-hydrogen) atoms. The average molecular weight is 359 g/mol. The van der Waals surface area contributed by atoms with Gasteiger partial charge in [-0.2, -0.15) is 0 Å². The van der Waals surface area contributed by atoms with Gasteiger partial charge < -0.3 is 15.4 Å². The Bertz CT molecular complexity index is 551. The van der Waals surface area contributed by atoms with Gasteiger partial charge in [-0.3, -0.25) is 14.4 Å². The molecule has 0 aromatic heterocycles. The van der Waals surface area contributed by atoms with Gasteiger partial charge >= 0.3 is 5.97 Å². The van der Waals surface area contributed by atoms with Crippen LogP contribution < -0.4 is 10.6 Å². The van der Waals surface area contributed by atoms with Crippen LogP contribution in [0.1, 0.15) is 13.8 Å². The van der Waals surface area contributed by atoms with Crippen LogP contribution in [-0.2, 0) is 19.1 Å². The Morgan fingerprint density at radius 1 is 1.22 bits per heavy atom. The van der Waals surface area contributed by atoms with Gasteiger partial charge in [0, 0.05) is 17.3 Å². The molecule has 0 saturated heterocycles. The molecular weight excluding hydrogens is 340 g/mol. The molecule has 2 N–H and O–H groups in total. The molecule has 2 amide bonds. The molecule has 1 rings (SSSR count). The molecule has 6 nitrogen and oxygen atoms in total. The zero-order chi connectivity index (χ0) is 17.2. The van der Waals surface area contributed by atoms with E-state index in [1.807, 2.05) is 0 Å². The Balaban J connectivity index is 2.25. The normalized spacial score (nSPS) is 11.4. The largest absolute Gasteiger partial charge is 0.452 e. The van der Waals surface area contributed by atoms with Crippen molar-refractivity contribution < 1.29 is 19.1 Å². The maximum absolute atomic E-state index is 11.7. The van der Waals surface area contributed by atoms with Gasteiger partial charge in [-0.1, -0.05) is 11.6 Å². The number of carbonyl (C=O) groups is 3. The summed E-state index contributed by atoms with van der Waals surface area (Å²) in [7, 11) is 0. The van der Waals surface area contributed by atoms with Crippen molar-refractivity contribution in [1.82, 2.24) is 5.32 Å². The first-order valence-corrected chi connectivity index (χ1v) is 8.56. The Morgan fingerprint density at radius 3 is 2.48 bits per heavy atom. The first kappa shape index (κ1) is 19.3. The highest BCUT2D eigenvalue weighted by Gasteiger charge is 2.17. The van der Waals surface area contributed by atoms with E-state index in [0.717, 1.165) is 11.8 Å². The van der Waals surface area contributed by atoms with Crippen molar-refractivity contribution in [2.45, 2.75) is 20.0 Å². The zero-order valence-electron chi connectivity index (χ0n) is 12.9. The van der Waals surface area contributed by atoms with E-state index in [1.54, 1.807) is 31.2 Å². The maximum Gasteiger partial charge on any atom is 0.316 e. The van der Waals surface area contributed by atoms with Crippen molar-refractivity contribution in [3.05, 3.63) is 29.3 Å². The second kappa shape index (κ2) is 10.1. The molecule has 0 aliphatic carbocycles. The van der Waals surface area contributed by atoms with Crippen LogP contribution in [0.4, 0.5) is 5.69 Å². The van der Waals surface area contributed by atoms with Crippen molar-refractivity contribution in [2.75, 3.05) is 23.4 Å². The summed E-state index contributed by atoms with van der Waals surface area (Å²) in [4.78, 5) is 34.7. The molecule has 0 aliphatic rings. The molecule has 0 fully saturated rings. The molecule has 1 atom stereocenters.